The predicted molar refractivity (Wildman–Crippen MR) is 97.6 cm³/mol. The number of carbonyl (C=O) groups excluding carboxylic acids is 1. The van der Waals surface area contributed by atoms with Gasteiger partial charge in [0.25, 0.3) is 0 Å². The number of fused-ring (bicyclic) bond motifs is 1. The fourth-order valence-electron chi connectivity index (χ4n) is 3.28. The number of hydrogen-bond donors (Lipinski definition) is 1. The van der Waals surface area contributed by atoms with E-state index >= 15 is 0 Å². The molecule has 25 heavy (non-hydrogen) atoms. The summed E-state index contributed by atoms with van der Waals surface area (Å²) in [4.78, 5) is 16.7. The molecule has 0 saturated carbocycles. The van der Waals surface area contributed by atoms with Crippen molar-refractivity contribution in [3.05, 3.63) is 42.1 Å². The molecule has 7 heteroatoms. The molecule has 0 atom stereocenters. The van der Waals surface area contributed by atoms with E-state index < -0.39 is 10.0 Å². The van der Waals surface area contributed by atoms with Gasteiger partial charge in [-0.1, -0.05) is 24.3 Å². The molecule has 1 aromatic carbocycles. The molecule has 1 amide bonds. The predicted octanol–water partition coefficient (Wildman–Crippen LogP) is 1.57. The van der Waals surface area contributed by atoms with E-state index in [2.05, 4.69) is 10.3 Å². The summed E-state index contributed by atoms with van der Waals surface area (Å²) in [6.07, 6.45) is 4.87. The highest BCUT2D eigenvalue weighted by atomic mass is 32.2. The summed E-state index contributed by atoms with van der Waals surface area (Å²) < 4.78 is 24.5. The third-order valence-electron chi connectivity index (χ3n) is 4.70. The average molecular weight is 361 g/mol. The van der Waals surface area contributed by atoms with Gasteiger partial charge in [0.15, 0.2) is 0 Å². The van der Waals surface area contributed by atoms with Crippen molar-refractivity contribution in [3.8, 4) is 0 Å². The molecule has 134 valence electrons. The molecule has 3 rings (SSSR count). The van der Waals surface area contributed by atoms with Crippen LogP contribution in [0.25, 0.3) is 10.9 Å². The number of carbonyl (C=O) groups is 1. The first-order chi connectivity index (χ1) is 11.9. The Hall–Kier alpha value is -1.99. The highest BCUT2D eigenvalue weighted by Gasteiger charge is 2.28. The maximum Gasteiger partial charge on any atom is 0.223 e. The minimum Gasteiger partial charge on any atom is -0.356 e. The molecular formula is C18H23N3O3S. The van der Waals surface area contributed by atoms with Crippen molar-refractivity contribution < 1.29 is 13.2 Å². The van der Waals surface area contributed by atoms with Crippen LogP contribution in [0.4, 0.5) is 0 Å². The Balaban J connectivity index is 1.52. The summed E-state index contributed by atoms with van der Waals surface area (Å²) in [5, 5.41) is 4.08. The zero-order valence-electron chi connectivity index (χ0n) is 14.3. The van der Waals surface area contributed by atoms with Crippen LogP contribution in [0, 0.1) is 5.92 Å². The third-order valence-corrected chi connectivity index (χ3v) is 6.01. The van der Waals surface area contributed by atoms with Crippen molar-refractivity contribution in [2.75, 3.05) is 25.9 Å². The van der Waals surface area contributed by atoms with Crippen LogP contribution >= 0.6 is 0 Å². The highest BCUT2D eigenvalue weighted by Crippen LogP contribution is 2.19. The van der Waals surface area contributed by atoms with Gasteiger partial charge in [-0.05, 0) is 30.9 Å². The molecule has 2 heterocycles. The second-order valence-corrected chi connectivity index (χ2v) is 8.45. The first-order valence-electron chi connectivity index (χ1n) is 8.50. The molecule has 0 bridgehead atoms. The molecule has 0 radical (unpaired) electrons. The van der Waals surface area contributed by atoms with Gasteiger partial charge in [-0.25, -0.2) is 12.7 Å². The lowest BCUT2D eigenvalue weighted by Gasteiger charge is -2.29. The number of para-hydroxylation sites is 1. The zero-order valence-corrected chi connectivity index (χ0v) is 15.1. The molecule has 1 aliphatic heterocycles. The number of rotatable bonds is 5. The van der Waals surface area contributed by atoms with E-state index in [0.29, 0.717) is 32.5 Å². The topological polar surface area (TPSA) is 79.4 Å². The number of piperidine rings is 1. The van der Waals surface area contributed by atoms with Gasteiger partial charge < -0.3 is 5.32 Å². The molecule has 0 aliphatic carbocycles. The van der Waals surface area contributed by atoms with Crippen LogP contribution in [0.2, 0.25) is 0 Å². The van der Waals surface area contributed by atoms with E-state index in [0.717, 1.165) is 22.9 Å². The fraction of sp³-hybridized carbons (Fsp3) is 0.444. The summed E-state index contributed by atoms with van der Waals surface area (Å²) in [6, 6.07) is 10.0. The summed E-state index contributed by atoms with van der Waals surface area (Å²) in [5.41, 5.74) is 2.09. The molecule has 6 nitrogen and oxygen atoms in total. The molecule has 1 fully saturated rings. The molecule has 1 aliphatic rings. The van der Waals surface area contributed by atoms with Crippen molar-refractivity contribution in [1.29, 1.82) is 0 Å². The van der Waals surface area contributed by atoms with Crippen LogP contribution in [0.3, 0.4) is 0 Å². The summed E-state index contributed by atoms with van der Waals surface area (Å²) in [6.45, 7) is 1.40. The second-order valence-electron chi connectivity index (χ2n) is 6.47. The normalized spacial score (nSPS) is 16.8. The van der Waals surface area contributed by atoms with Gasteiger partial charge in [0.05, 0.1) is 11.8 Å². The summed E-state index contributed by atoms with van der Waals surface area (Å²) in [5.74, 6) is -0.0926. The maximum atomic E-state index is 12.3. The average Bonchev–Trinajstić information content (AvgIpc) is 2.61. The number of amides is 1. The number of aromatic nitrogens is 1. The van der Waals surface area contributed by atoms with Crippen molar-refractivity contribution >= 4 is 26.8 Å². The van der Waals surface area contributed by atoms with E-state index in [4.69, 9.17) is 0 Å². The van der Waals surface area contributed by atoms with Crippen LogP contribution in [0.1, 0.15) is 18.4 Å². The molecule has 0 spiro atoms. The minimum atomic E-state index is -3.15. The van der Waals surface area contributed by atoms with E-state index in [1.165, 1.54) is 10.6 Å². The lowest BCUT2D eigenvalue weighted by atomic mass is 9.97. The molecule has 1 saturated heterocycles. The van der Waals surface area contributed by atoms with Crippen molar-refractivity contribution in [2.45, 2.75) is 19.3 Å². The number of pyridine rings is 1. The quantitative estimate of drug-likeness (QED) is 0.877. The number of nitrogens with one attached hydrogen (secondary N) is 1. The highest BCUT2D eigenvalue weighted by molar-refractivity contribution is 7.88. The Kier molecular flexibility index (Phi) is 5.34. The second kappa shape index (κ2) is 7.49. The van der Waals surface area contributed by atoms with Gasteiger partial charge in [-0.3, -0.25) is 9.78 Å². The largest absolute Gasteiger partial charge is 0.356 e. The molecule has 2 aromatic rings. The maximum absolute atomic E-state index is 12.3. The number of nitrogens with zero attached hydrogens (tertiary/aromatic N) is 2. The molecular weight excluding hydrogens is 338 g/mol. The third kappa shape index (κ3) is 4.35. The fourth-order valence-corrected chi connectivity index (χ4v) is 4.16. The standard InChI is InChI=1S/C18H23N3O3S/c1-25(23,24)21-12-8-16(9-13-21)18(22)20-11-7-15-5-2-4-14-6-3-10-19-17(14)15/h2-6,10,16H,7-9,11-13H2,1H3,(H,20,22). The Morgan fingerprint density at radius 1 is 1.24 bits per heavy atom. The monoisotopic (exact) mass is 361 g/mol. The zero-order chi connectivity index (χ0) is 17.9. The molecule has 1 N–H and O–H groups in total. The molecule has 0 unspecified atom stereocenters. The number of sulfonamides is 1. The van der Waals surface area contributed by atoms with Crippen molar-refractivity contribution in [2.24, 2.45) is 5.92 Å². The Morgan fingerprint density at radius 3 is 2.68 bits per heavy atom. The summed E-state index contributed by atoms with van der Waals surface area (Å²) >= 11 is 0. The summed E-state index contributed by atoms with van der Waals surface area (Å²) in [7, 11) is -3.15. The van der Waals surface area contributed by atoms with Gasteiger partial charge in [0.2, 0.25) is 15.9 Å². The van der Waals surface area contributed by atoms with Crippen LogP contribution in [0.15, 0.2) is 36.5 Å². The van der Waals surface area contributed by atoms with Gasteiger partial charge in [0.1, 0.15) is 0 Å². The van der Waals surface area contributed by atoms with E-state index in [9.17, 15) is 13.2 Å². The van der Waals surface area contributed by atoms with E-state index in [1.54, 1.807) is 6.20 Å². The smallest absolute Gasteiger partial charge is 0.223 e. The Bertz CT molecular complexity index is 854. The van der Waals surface area contributed by atoms with Crippen molar-refractivity contribution in [1.82, 2.24) is 14.6 Å². The van der Waals surface area contributed by atoms with Gasteiger partial charge >= 0.3 is 0 Å². The first kappa shape index (κ1) is 17.8. The first-order valence-corrected chi connectivity index (χ1v) is 10.4. The molecule has 1 aromatic heterocycles. The lowest BCUT2D eigenvalue weighted by molar-refractivity contribution is -0.126. The van der Waals surface area contributed by atoms with Crippen LogP contribution < -0.4 is 5.32 Å². The van der Waals surface area contributed by atoms with E-state index in [1.807, 2.05) is 30.3 Å². The SMILES string of the molecule is CS(=O)(=O)N1CCC(C(=O)NCCc2cccc3cccnc23)CC1. The van der Waals surface area contributed by atoms with Crippen LogP contribution in [-0.2, 0) is 21.2 Å². The minimum absolute atomic E-state index is 0.0151. The van der Waals surface area contributed by atoms with Crippen molar-refractivity contribution in [3.63, 3.8) is 0 Å². The Labute approximate surface area is 148 Å². The van der Waals surface area contributed by atoms with Crippen LogP contribution in [0.5, 0.6) is 0 Å². The lowest BCUT2D eigenvalue weighted by Crippen LogP contribution is -2.42. The number of hydrogen-bond acceptors (Lipinski definition) is 4. The van der Waals surface area contributed by atoms with Crippen LogP contribution in [-0.4, -0.2) is 49.5 Å². The Morgan fingerprint density at radius 2 is 1.96 bits per heavy atom. The van der Waals surface area contributed by atoms with Gasteiger partial charge in [0, 0.05) is 37.1 Å². The van der Waals surface area contributed by atoms with Gasteiger partial charge in [-0.15, -0.1) is 0 Å². The number of benzene rings is 1. The van der Waals surface area contributed by atoms with Gasteiger partial charge in [-0.2, -0.15) is 0 Å². The van der Waals surface area contributed by atoms with E-state index in [-0.39, 0.29) is 11.8 Å².